The van der Waals surface area contributed by atoms with Gasteiger partial charge in [0.05, 0.1) is 18.7 Å². The van der Waals surface area contributed by atoms with Gasteiger partial charge >= 0.3 is 5.97 Å². The summed E-state index contributed by atoms with van der Waals surface area (Å²) in [6, 6.07) is 6.15. The Morgan fingerprint density at radius 1 is 1.27 bits per heavy atom. The van der Waals surface area contributed by atoms with Gasteiger partial charge in [0.1, 0.15) is 5.82 Å². The van der Waals surface area contributed by atoms with Crippen LogP contribution in [-0.2, 0) is 11.3 Å². The number of amides is 1. The SMILES string of the molecule is O=C(O)[C@H]1CN(C(=O)c2cn(Cc3cccc(F)c3)nn2)C[C@@H]1C1CC1. The van der Waals surface area contributed by atoms with Gasteiger partial charge in [-0.15, -0.1) is 5.10 Å². The molecule has 0 radical (unpaired) electrons. The third-order valence-electron chi connectivity index (χ3n) is 5.19. The first-order valence-corrected chi connectivity index (χ1v) is 8.68. The molecule has 2 aliphatic rings. The molecule has 1 saturated carbocycles. The second-order valence-electron chi connectivity index (χ2n) is 7.09. The first-order chi connectivity index (χ1) is 12.5. The summed E-state index contributed by atoms with van der Waals surface area (Å²) in [6.07, 6.45) is 3.61. The van der Waals surface area contributed by atoms with Gasteiger partial charge in [0.25, 0.3) is 5.91 Å². The molecule has 2 aromatic rings. The summed E-state index contributed by atoms with van der Waals surface area (Å²) in [5.41, 5.74) is 0.900. The first kappa shape index (κ1) is 16.7. The number of benzene rings is 1. The van der Waals surface area contributed by atoms with Gasteiger partial charge in [0.15, 0.2) is 5.69 Å². The number of hydrogen-bond donors (Lipinski definition) is 1. The van der Waals surface area contributed by atoms with E-state index in [4.69, 9.17) is 0 Å². The monoisotopic (exact) mass is 358 g/mol. The molecule has 1 aliphatic heterocycles. The Bertz CT molecular complexity index is 848. The quantitative estimate of drug-likeness (QED) is 0.878. The van der Waals surface area contributed by atoms with Crippen molar-refractivity contribution in [3.63, 3.8) is 0 Å². The predicted molar refractivity (Wildman–Crippen MR) is 88.8 cm³/mol. The van der Waals surface area contributed by atoms with E-state index in [0.717, 1.165) is 18.4 Å². The molecule has 1 amide bonds. The Balaban J connectivity index is 1.45. The molecule has 136 valence electrons. The number of carbonyl (C=O) groups is 2. The predicted octanol–water partition coefficient (Wildman–Crippen LogP) is 1.65. The van der Waals surface area contributed by atoms with Gasteiger partial charge < -0.3 is 10.0 Å². The van der Waals surface area contributed by atoms with Crippen LogP contribution in [0.3, 0.4) is 0 Å². The van der Waals surface area contributed by atoms with Gasteiger partial charge in [-0.3, -0.25) is 9.59 Å². The van der Waals surface area contributed by atoms with Crippen molar-refractivity contribution < 1.29 is 19.1 Å². The molecule has 26 heavy (non-hydrogen) atoms. The van der Waals surface area contributed by atoms with Crippen molar-refractivity contribution >= 4 is 11.9 Å². The molecular formula is C18H19FN4O3. The number of carbonyl (C=O) groups excluding carboxylic acids is 1. The minimum atomic E-state index is -0.841. The summed E-state index contributed by atoms with van der Waals surface area (Å²) < 4.78 is 14.7. The first-order valence-electron chi connectivity index (χ1n) is 8.68. The van der Waals surface area contributed by atoms with Crippen molar-refractivity contribution in [2.75, 3.05) is 13.1 Å². The standard InChI is InChI=1S/C18H19FN4O3/c19-13-3-1-2-11(6-13)7-23-10-16(20-21-23)17(24)22-8-14(12-4-5-12)15(9-22)18(25)26/h1-3,6,10,12,14-15H,4-5,7-9H2,(H,25,26)/t14-,15+/m1/s1. The second kappa shape index (κ2) is 6.51. The maximum absolute atomic E-state index is 13.3. The van der Waals surface area contributed by atoms with Crippen LogP contribution in [0.15, 0.2) is 30.5 Å². The molecule has 0 unspecified atom stereocenters. The van der Waals surface area contributed by atoms with Crippen LogP contribution in [-0.4, -0.2) is 50.0 Å². The van der Waals surface area contributed by atoms with Crippen LogP contribution < -0.4 is 0 Å². The number of aromatic nitrogens is 3. The average molecular weight is 358 g/mol. The molecule has 1 aliphatic carbocycles. The lowest BCUT2D eigenvalue weighted by Crippen LogP contribution is -2.30. The zero-order valence-corrected chi connectivity index (χ0v) is 14.1. The molecule has 7 nitrogen and oxygen atoms in total. The highest BCUT2D eigenvalue weighted by Gasteiger charge is 2.47. The molecule has 0 spiro atoms. The Labute approximate surface area is 149 Å². The van der Waals surface area contributed by atoms with Gasteiger partial charge in [0, 0.05) is 13.1 Å². The summed E-state index contributed by atoms with van der Waals surface area (Å²) in [7, 11) is 0. The van der Waals surface area contributed by atoms with Gasteiger partial charge in [-0.25, -0.2) is 9.07 Å². The number of hydrogen-bond acceptors (Lipinski definition) is 4. The van der Waals surface area contributed by atoms with Crippen LogP contribution >= 0.6 is 0 Å². The lowest BCUT2D eigenvalue weighted by Gasteiger charge is -2.14. The maximum Gasteiger partial charge on any atom is 0.308 e. The minimum absolute atomic E-state index is 0.0267. The van der Waals surface area contributed by atoms with E-state index < -0.39 is 11.9 Å². The highest BCUT2D eigenvalue weighted by Crippen LogP contribution is 2.44. The number of halogens is 1. The second-order valence-corrected chi connectivity index (χ2v) is 7.09. The molecule has 8 heteroatoms. The van der Waals surface area contributed by atoms with E-state index in [1.54, 1.807) is 17.0 Å². The fourth-order valence-electron chi connectivity index (χ4n) is 3.72. The molecule has 2 heterocycles. The maximum atomic E-state index is 13.3. The van der Waals surface area contributed by atoms with E-state index in [0.29, 0.717) is 19.0 Å². The van der Waals surface area contributed by atoms with Crippen LogP contribution in [0, 0.1) is 23.6 Å². The van der Waals surface area contributed by atoms with E-state index in [-0.39, 0.29) is 29.9 Å². The highest BCUT2D eigenvalue weighted by molar-refractivity contribution is 5.92. The highest BCUT2D eigenvalue weighted by atomic mass is 19.1. The summed E-state index contributed by atoms with van der Waals surface area (Å²) in [4.78, 5) is 25.7. The van der Waals surface area contributed by atoms with Gasteiger partial charge in [0.2, 0.25) is 0 Å². The van der Waals surface area contributed by atoms with E-state index >= 15 is 0 Å². The molecule has 0 bridgehead atoms. The Hall–Kier alpha value is -2.77. The van der Waals surface area contributed by atoms with Gasteiger partial charge in [-0.1, -0.05) is 17.3 Å². The molecule has 2 atom stereocenters. The van der Waals surface area contributed by atoms with Crippen molar-refractivity contribution in [3.05, 3.63) is 47.5 Å². The molecule has 4 rings (SSSR count). The third-order valence-corrected chi connectivity index (χ3v) is 5.19. The van der Waals surface area contributed by atoms with Crippen molar-refractivity contribution in [1.82, 2.24) is 19.9 Å². The number of nitrogens with zero attached hydrogens (tertiary/aromatic N) is 4. The minimum Gasteiger partial charge on any atom is -0.481 e. The van der Waals surface area contributed by atoms with Crippen LogP contribution in [0.5, 0.6) is 0 Å². The Morgan fingerprint density at radius 2 is 2.08 bits per heavy atom. The Morgan fingerprint density at radius 3 is 2.77 bits per heavy atom. The van der Waals surface area contributed by atoms with Crippen LogP contribution in [0.2, 0.25) is 0 Å². The van der Waals surface area contributed by atoms with E-state index in [1.807, 2.05) is 0 Å². The van der Waals surface area contributed by atoms with E-state index in [2.05, 4.69) is 10.3 Å². The topological polar surface area (TPSA) is 88.3 Å². The number of carboxylic acid groups (broad SMARTS) is 1. The smallest absolute Gasteiger partial charge is 0.308 e. The summed E-state index contributed by atoms with van der Waals surface area (Å²) >= 11 is 0. The number of likely N-dealkylation sites (tertiary alicyclic amines) is 1. The fraction of sp³-hybridized carbons (Fsp3) is 0.444. The molecule has 1 N–H and O–H groups in total. The van der Waals surface area contributed by atoms with Crippen molar-refractivity contribution in [3.8, 4) is 0 Å². The van der Waals surface area contributed by atoms with Crippen LogP contribution in [0.25, 0.3) is 0 Å². The van der Waals surface area contributed by atoms with Crippen molar-refractivity contribution in [1.29, 1.82) is 0 Å². The lowest BCUT2D eigenvalue weighted by molar-refractivity contribution is -0.142. The van der Waals surface area contributed by atoms with Crippen molar-refractivity contribution in [2.45, 2.75) is 19.4 Å². The Kier molecular flexibility index (Phi) is 4.18. The molecule has 1 aromatic carbocycles. The van der Waals surface area contributed by atoms with Crippen molar-refractivity contribution in [2.24, 2.45) is 17.8 Å². The summed E-state index contributed by atoms with van der Waals surface area (Å²) in [5, 5.41) is 17.3. The average Bonchev–Trinajstić information content (AvgIpc) is 3.17. The zero-order chi connectivity index (χ0) is 18.3. The fourth-order valence-corrected chi connectivity index (χ4v) is 3.72. The molecule has 2 fully saturated rings. The third kappa shape index (κ3) is 3.31. The van der Waals surface area contributed by atoms with E-state index in [1.165, 1.54) is 23.0 Å². The number of aliphatic carboxylic acids is 1. The van der Waals surface area contributed by atoms with Crippen LogP contribution in [0.4, 0.5) is 4.39 Å². The number of rotatable bonds is 5. The van der Waals surface area contributed by atoms with Gasteiger partial charge in [-0.2, -0.15) is 0 Å². The van der Waals surface area contributed by atoms with E-state index in [9.17, 15) is 19.1 Å². The normalized spacial score (nSPS) is 22.6. The molecular weight excluding hydrogens is 339 g/mol. The number of carboxylic acids is 1. The molecule has 1 saturated heterocycles. The summed E-state index contributed by atoms with van der Waals surface area (Å²) in [6.45, 7) is 0.976. The zero-order valence-electron chi connectivity index (χ0n) is 14.1. The largest absolute Gasteiger partial charge is 0.481 e. The van der Waals surface area contributed by atoms with Crippen LogP contribution in [0.1, 0.15) is 28.9 Å². The molecule has 1 aromatic heterocycles. The summed E-state index contributed by atoms with van der Waals surface area (Å²) in [5.74, 6) is -1.54. The van der Waals surface area contributed by atoms with Gasteiger partial charge in [-0.05, 0) is 42.4 Å². The lowest BCUT2D eigenvalue weighted by atomic mass is 9.92.